The van der Waals surface area contributed by atoms with Crippen LogP contribution in [0.5, 0.6) is 0 Å². The van der Waals surface area contributed by atoms with Crippen LogP contribution in [0, 0.1) is 5.41 Å². The fraction of sp³-hybridized carbons (Fsp3) is 0.824. The summed E-state index contributed by atoms with van der Waals surface area (Å²) in [6.07, 6.45) is 4.56. The van der Waals surface area contributed by atoms with Gasteiger partial charge in [0.1, 0.15) is 10.6 Å². The molecule has 1 unspecified atom stereocenters. The lowest BCUT2D eigenvalue weighted by molar-refractivity contribution is 0.0336. The van der Waals surface area contributed by atoms with Crippen LogP contribution in [0.15, 0.2) is 6.20 Å². The van der Waals surface area contributed by atoms with E-state index in [2.05, 4.69) is 52.7 Å². The third-order valence-electron chi connectivity index (χ3n) is 5.32. The molecule has 2 rings (SSSR count). The normalized spacial score (nSPS) is 25.6. The Kier molecular flexibility index (Phi) is 4.68. The Hall–Kier alpha value is -0.233. The molecular weight excluding hydrogens is 310 g/mol. The zero-order chi connectivity index (χ0) is 16.8. The van der Waals surface area contributed by atoms with Crippen LogP contribution in [0.3, 0.4) is 0 Å². The van der Waals surface area contributed by atoms with E-state index in [4.69, 9.17) is 4.43 Å². The molecule has 1 aromatic heterocycles. The van der Waals surface area contributed by atoms with E-state index in [1.165, 1.54) is 0 Å². The number of hydrogen-bond donors (Lipinski definition) is 1. The lowest BCUT2D eigenvalue weighted by Crippen LogP contribution is -2.40. The van der Waals surface area contributed by atoms with Gasteiger partial charge < -0.3 is 9.53 Å². The second kappa shape index (κ2) is 5.69. The van der Waals surface area contributed by atoms with Crippen LogP contribution in [-0.2, 0) is 16.6 Å². The third kappa shape index (κ3) is 3.81. The van der Waals surface area contributed by atoms with Gasteiger partial charge in [-0.05, 0) is 42.8 Å². The van der Waals surface area contributed by atoms with Crippen molar-refractivity contribution in [1.29, 1.82) is 0 Å². The molecule has 1 aliphatic carbocycles. The summed E-state index contributed by atoms with van der Waals surface area (Å²) in [6.45, 7) is 16.3. The maximum absolute atomic E-state index is 10.9. The summed E-state index contributed by atoms with van der Waals surface area (Å²) >= 11 is 1.62. The molecule has 1 aromatic rings. The van der Waals surface area contributed by atoms with Crippen LogP contribution in [-0.4, -0.2) is 18.4 Å². The van der Waals surface area contributed by atoms with Gasteiger partial charge >= 0.3 is 0 Å². The number of nitrogens with zero attached hydrogens (tertiary/aromatic N) is 1. The molecule has 0 aliphatic heterocycles. The summed E-state index contributed by atoms with van der Waals surface area (Å²) in [6, 6.07) is 0. The van der Waals surface area contributed by atoms with Gasteiger partial charge in [0, 0.05) is 11.1 Å². The number of aliphatic hydroxyl groups is 1. The Balaban J connectivity index is 2.04. The highest BCUT2D eigenvalue weighted by molar-refractivity contribution is 7.11. The minimum absolute atomic E-state index is 0.207. The van der Waals surface area contributed by atoms with E-state index in [1.54, 1.807) is 11.3 Å². The summed E-state index contributed by atoms with van der Waals surface area (Å²) in [7, 11) is -1.74. The standard InChI is InChI=1S/C17H31NO2SSi/c1-15(2,3)22(6,7)20-11-13-10-18-14(21-13)17(19)9-8-16(4,5)12-17/h10,19H,8-9,11-12H2,1-7H3. The van der Waals surface area contributed by atoms with Crippen molar-refractivity contribution in [2.75, 3.05) is 0 Å². The largest absolute Gasteiger partial charge is 0.412 e. The predicted octanol–water partition coefficient (Wildman–Crippen LogP) is 5.06. The Bertz CT molecular complexity index is 533. The minimum Gasteiger partial charge on any atom is -0.412 e. The van der Waals surface area contributed by atoms with E-state index >= 15 is 0 Å². The number of thiazole rings is 1. The zero-order valence-corrected chi connectivity index (χ0v) is 16.9. The molecule has 126 valence electrons. The highest BCUT2D eigenvalue weighted by atomic mass is 32.1. The van der Waals surface area contributed by atoms with E-state index in [0.717, 1.165) is 29.1 Å². The first kappa shape index (κ1) is 18.1. The minimum atomic E-state index is -1.74. The third-order valence-corrected chi connectivity index (χ3v) is 11.0. The van der Waals surface area contributed by atoms with E-state index in [1.807, 2.05) is 6.20 Å². The van der Waals surface area contributed by atoms with E-state index in [-0.39, 0.29) is 10.5 Å². The lowest BCUT2D eigenvalue weighted by atomic mass is 9.89. The highest BCUT2D eigenvalue weighted by Crippen LogP contribution is 2.49. The molecule has 0 spiro atoms. The molecular formula is C17H31NO2SSi. The van der Waals surface area contributed by atoms with Crippen molar-refractivity contribution in [3.05, 3.63) is 16.1 Å². The molecule has 5 heteroatoms. The molecule has 22 heavy (non-hydrogen) atoms. The first-order chi connectivity index (χ1) is 9.85. The van der Waals surface area contributed by atoms with E-state index in [9.17, 15) is 5.11 Å². The fourth-order valence-electron chi connectivity index (χ4n) is 2.75. The summed E-state index contributed by atoms with van der Waals surface area (Å²) in [5.74, 6) is 0. The summed E-state index contributed by atoms with van der Waals surface area (Å²) in [4.78, 5) is 5.63. The molecule has 1 N–H and O–H groups in total. The van der Waals surface area contributed by atoms with Crippen molar-refractivity contribution >= 4 is 19.7 Å². The van der Waals surface area contributed by atoms with Crippen molar-refractivity contribution in [1.82, 2.24) is 4.98 Å². The van der Waals surface area contributed by atoms with Gasteiger partial charge in [-0.15, -0.1) is 11.3 Å². The second-order valence-electron chi connectivity index (χ2n) is 9.05. The molecule has 0 bridgehead atoms. The number of rotatable bonds is 4. The quantitative estimate of drug-likeness (QED) is 0.778. The van der Waals surface area contributed by atoms with Crippen LogP contribution >= 0.6 is 11.3 Å². The average Bonchev–Trinajstić information content (AvgIpc) is 2.91. The van der Waals surface area contributed by atoms with Gasteiger partial charge in [-0.3, -0.25) is 0 Å². The Morgan fingerprint density at radius 1 is 1.32 bits per heavy atom. The van der Waals surface area contributed by atoms with Crippen LogP contribution in [0.4, 0.5) is 0 Å². The molecule has 0 saturated heterocycles. The molecule has 1 atom stereocenters. The molecule has 1 aliphatic rings. The van der Waals surface area contributed by atoms with Crippen LogP contribution in [0.2, 0.25) is 18.1 Å². The Morgan fingerprint density at radius 3 is 2.45 bits per heavy atom. The topological polar surface area (TPSA) is 42.4 Å². The molecule has 3 nitrogen and oxygen atoms in total. The maximum atomic E-state index is 10.9. The molecule has 0 aromatic carbocycles. The Morgan fingerprint density at radius 2 is 1.95 bits per heavy atom. The summed E-state index contributed by atoms with van der Waals surface area (Å²) in [5, 5.41) is 12.0. The van der Waals surface area contributed by atoms with Gasteiger partial charge in [-0.25, -0.2) is 4.98 Å². The monoisotopic (exact) mass is 341 g/mol. The highest BCUT2D eigenvalue weighted by Gasteiger charge is 2.45. The molecule has 1 saturated carbocycles. The second-order valence-corrected chi connectivity index (χ2v) is 15.0. The summed E-state index contributed by atoms with van der Waals surface area (Å²) < 4.78 is 6.26. The first-order valence-electron chi connectivity index (χ1n) is 8.16. The maximum Gasteiger partial charge on any atom is 0.192 e. The van der Waals surface area contributed by atoms with Crippen molar-refractivity contribution in [3.63, 3.8) is 0 Å². The van der Waals surface area contributed by atoms with Gasteiger partial charge in [-0.1, -0.05) is 34.6 Å². The van der Waals surface area contributed by atoms with Gasteiger partial charge in [0.25, 0.3) is 0 Å². The van der Waals surface area contributed by atoms with Gasteiger partial charge in [0.15, 0.2) is 8.32 Å². The van der Waals surface area contributed by atoms with Crippen molar-refractivity contribution in [2.45, 2.75) is 84.2 Å². The molecule has 1 heterocycles. The predicted molar refractivity (Wildman–Crippen MR) is 95.6 cm³/mol. The van der Waals surface area contributed by atoms with Gasteiger partial charge in [-0.2, -0.15) is 0 Å². The average molecular weight is 342 g/mol. The van der Waals surface area contributed by atoms with Gasteiger partial charge in [0.05, 0.1) is 6.61 Å². The van der Waals surface area contributed by atoms with E-state index < -0.39 is 13.9 Å². The van der Waals surface area contributed by atoms with Crippen molar-refractivity contribution < 1.29 is 9.53 Å². The van der Waals surface area contributed by atoms with Crippen LogP contribution in [0.25, 0.3) is 0 Å². The van der Waals surface area contributed by atoms with Crippen molar-refractivity contribution in [2.24, 2.45) is 5.41 Å². The lowest BCUT2D eigenvalue weighted by Gasteiger charge is -2.35. The molecule has 0 amide bonds. The van der Waals surface area contributed by atoms with Crippen LogP contribution < -0.4 is 0 Å². The Labute approximate surface area is 140 Å². The molecule has 0 radical (unpaired) electrons. The SMILES string of the molecule is CC1(C)CCC(O)(c2ncc(CO[Si](C)(C)C(C)(C)C)s2)C1. The van der Waals surface area contributed by atoms with Gasteiger partial charge in [0.2, 0.25) is 0 Å². The summed E-state index contributed by atoms with van der Waals surface area (Å²) in [5.41, 5.74) is -0.526. The number of hydrogen-bond acceptors (Lipinski definition) is 4. The van der Waals surface area contributed by atoms with Crippen molar-refractivity contribution in [3.8, 4) is 0 Å². The first-order valence-corrected chi connectivity index (χ1v) is 11.9. The molecule has 1 fully saturated rings. The van der Waals surface area contributed by atoms with Crippen LogP contribution in [0.1, 0.15) is 63.8 Å². The number of aromatic nitrogens is 1. The zero-order valence-electron chi connectivity index (χ0n) is 15.1. The smallest absolute Gasteiger partial charge is 0.192 e. The van der Waals surface area contributed by atoms with E-state index in [0.29, 0.717) is 6.61 Å². The fourth-order valence-corrected chi connectivity index (χ4v) is 4.75.